The van der Waals surface area contributed by atoms with Gasteiger partial charge in [-0.3, -0.25) is 0 Å². The van der Waals surface area contributed by atoms with Gasteiger partial charge in [0.1, 0.15) is 0 Å². The maximum absolute atomic E-state index is 9.80. The second-order valence-electron chi connectivity index (χ2n) is 6.97. The monoisotopic (exact) mass is 298 g/mol. The fourth-order valence-corrected chi connectivity index (χ4v) is 3.16. The van der Waals surface area contributed by atoms with Gasteiger partial charge >= 0.3 is 0 Å². The molecule has 0 saturated heterocycles. The highest BCUT2D eigenvalue weighted by molar-refractivity contribution is 4.65. The maximum atomic E-state index is 9.80. The molecular weight excluding hydrogens is 256 g/mol. The van der Waals surface area contributed by atoms with Crippen LogP contribution >= 0.6 is 0 Å². The molecule has 21 heavy (non-hydrogen) atoms. The fourth-order valence-electron chi connectivity index (χ4n) is 3.16. The van der Waals surface area contributed by atoms with E-state index in [2.05, 4.69) is 13.8 Å². The summed E-state index contributed by atoms with van der Waals surface area (Å²) in [5, 5.41) is 9.80. The van der Waals surface area contributed by atoms with Gasteiger partial charge in [0.25, 0.3) is 0 Å². The Kier molecular flexibility index (Phi) is 16.3. The van der Waals surface area contributed by atoms with Gasteiger partial charge in [0.05, 0.1) is 6.10 Å². The molecule has 0 saturated carbocycles. The van der Waals surface area contributed by atoms with Gasteiger partial charge in [0.2, 0.25) is 0 Å². The summed E-state index contributed by atoms with van der Waals surface area (Å²) in [7, 11) is 0. The normalized spacial score (nSPS) is 14.3. The second kappa shape index (κ2) is 16.3. The SMILES string of the molecule is CCCCCCCCCCCCCC(CCCC)C(C)O. The molecular formula is C20H42O. The van der Waals surface area contributed by atoms with Crippen molar-refractivity contribution in [2.24, 2.45) is 5.92 Å². The van der Waals surface area contributed by atoms with Crippen LogP contribution in [0.2, 0.25) is 0 Å². The minimum Gasteiger partial charge on any atom is -0.393 e. The Labute approximate surface area is 134 Å². The molecule has 0 aromatic rings. The summed E-state index contributed by atoms with van der Waals surface area (Å²) in [4.78, 5) is 0. The van der Waals surface area contributed by atoms with Crippen LogP contribution in [-0.2, 0) is 0 Å². The first-order chi connectivity index (χ1) is 10.2. The first-order valence-corrected chi connectivity index (χ1v) is 9.90. The smallest absolute Gasteiger partial charge is 0.0540 e. The Morgan fingerprint density at radius 3 is 1.38 bits per heavy atom. The first kappa shape index (κ1) is 21.0. The molecule has 0 fully saturated rings. The quantitative estimate of drug-likeness (QED) is 0.308. The summed E-state index contributed by atoms with van der Waals surface area (Å²) < 4.78 is 0. The predicted octanol–water partition coefficient (Wildman–Crippen LogP) is 6.87. The Morgan fingerprint density at radius 1 is 0.571 bits per heavy atom. The van der Waals surface area contributed by atoms with E-state index in [4.69, 9.17) is 0 Å². The van der Waals surface area contributed by atoms with Crippen LogP contribution in [0.15, 0.2) is 0 Å². The highest BCUT2D eigenvalue weighted by atomic mass is 16.3. The number of aliphatic hydroxyl groups excluding tert-OH is 1. The van der Waals surface area contributed by atoms with Gasteiger partial charge in [-0.15, -0.1) is 0 Å². The van der Waals surface area contributed by atoms with E-state index in [0.29, 0.717) is 5.92 Å². The molecule has 0 bridgehead atoms. The third-order valence-electron chi connectivity index (χ3n) is 4.79. The van der Waals surface area contributed by atoms with Gasteiger partial charge in [-0.25, -0.2) is 0 Å². The van der Waals surface area contributed by atoms with E-state index in [0.717, 1.165) is 0 Å². The van der Waals surface area contributed by atoms with Crippen LogP contribution in [0.1, 0.15) is 117 Å². The van der Waals surface area contributed by atoms with Crippen LogP contribution in [0.3, 0.4) is 0 Å². The molecule has 2 unspecified atom stereocenters. The minimum absolute atomic E-state index is 0.111. The lowest BCUT2D eigenvalue weighted by Crippen LogP contribution is -2.16. The Morgan fingerprint density at radius 2 is 0.952 bits per heavy atom. The molecule has 0 aliphatic heterocycles. The molecule has 0 aliphatic rings. The summed E-state index contributed by atoms with van der Waals surface area (Å²) in [6.45, 7) is 6.49. The van der Waals surface area contributed by atoms with Crippen molar-refractivity contribution in [1.82, 2.24) is 0 Å². The molecule has 0 aliphatic carbocycles. The zero-order valence-electron chi connectivity index (χ0n) is 15.2. The summed E-state index contributed by atoms with van der Waals surface area (Å²) in [6.07, 6.45) is 20.3. The van der Waals surface area contributed by atoms with Crippen LogP contribution in [0.4, 0.5) is 0 Å². The topological polar surface area (TPSA) is 20.2 Å². The van der Waals surface area contributed by atoms with E-state index in [1.165, 1.54) is 96.3 Å². The highest BCUT2D eigenvalue weighted by Gasteiger charge is 2.13. The first-order valence-electron chi connectivity index (χ1n) is 9.90. The van der Waals surface area contributed by atoms with Crippen molar-refractivity contribution in [3.63, 3.8) is 0 Å². The molecule has 0 aromatic carbocycles. The second-order valence-corrected chi connectivity index (χ2v) is 6.97. The molecule has 2 atom stereocenters. The highest BCUT2D eigenvalue weighted by Crippen LogP contribution is 2.21. The van der Waals surface area contributed by atoms with Crippen LogP contribution in [-0.4, -0.2) is 11.2 Å². The minimum atomic E-state index is -0.111. The van der Waals surface area contributed by atoms with Crippen LogP contribution < -0.4 is 0 Å². The van der Waals surface area contributed by atoms with E-state index in [1.807, 2.05) is 6.92 Å². The molecule has 0 heterocycles. The molecule has 0 rings (SSSR count). The lowest BCUT2D eigenvalue weighted by atomic mass is 9.91. The van der Waals surface area contributed by atoms with E-state index < -0.39 is 0 Å². The van der Waals surface area contributed by atoms with Crippen LogP contribution in [0, 0.1) is 5.92 Å². The average Bonchev–Trinajstić information content (AvgIpc) is 2.47. The zero-order chi connectivity index (χ0) is 15.8. The third-order valence-corrected chi connectivity index (χ3v) is 4.79. The molecule has 0 amide bonds. The van der Waals surface area contributed by atoms with Crippen molar-refractivity contribution in [1.29, 1.82) is 0 Å². The number of hydrogen-bond acceptors (Lipinski definition) is 1. The number of rotatable bonds is 16. The van der Waals surface area contributed by atoms with Gasteiger partial charge in [0, 0.05) is 0 Å². The lowest BCUT2D eigenvalue weighted by Gasteiger charge is -2.19. The van der Waals surface area contributed by atoms with E-state index >= 15 is 0 Å². The van der Waals surface area contributed by atoms with Crippen molar-refractivity contribution in [3.05, 3.63) is 0 Å². The van der Waals surface area contributed by atoms with Crippen molar-refractivity contribution in [2.45, 2.75) is 123 Å². The number of aliphatic hydroxyl groups is 1. The van der Waals surface area contributed by atoms with Crippen molar-refractivity contribution in [2.75, 3.05) is 0 Å². The van der Waals surface area contributed by atoms with Crippen molar-refractivity contribution < 1.29 is 5.11 Å². The zero-order valence-corrected chi connectivity index (χ0v) is 15.2. The Balaban J connectivity index is 3.29. The van der Waals surface area contributed by atoms with Gasteiger partial charge in [0.15, 0.2) is 0 Å². The molecule has 1 heteroatoms. The van der Waals surface area contributed by atoms with Crippen molar-refractivity contribution >= 4 is 0 Å². The third kappa shape index (κ3) is 14.7. The van der Waals surface area contributed by atoms with E-state index in [-0.39, 0.29) is 6.10 Å². The number of hydrogen-bond donors (Lipinski definition) is 1. The van der Waals surface area contributed by atoms with E-state index in [1.54, 1.807) is 0 Å². The van der Waals surface area contributed by atoms with Gasteiger partial charge in [-0.05, 0) is 25.7 Å². The lowest BCUT2D eigenvalue weighted by molar-refractivity contribution is 0.111. The van der Waals surface area contributed by atoms with Gasteiger partial charge in [-0.1, -0.05) is 97.3 Å². The van der Waals surface area contributed by atoms with Gasteiger partial charge < -0.3 is 5.11 Å². The number of unbranched alkanes of at least 4 members (excludes halogenated alkanes) is 11. The molecule has 1 N–H and O–H groups in total. The average molecular weight is 299 g/mol. The summed E-state index contributed by atoms with van der Waals surface area (Å²) in [6, 6.07) is 0. The summed E-state index contributed by atoms with van der Waals surface area (Å²) in [5.41, 5.74) is 0. The fraction of sp³-hybridized carbons (Fsp3) is 1.00. The predicted molar refractivity (Wildman–Crippen MR) is 95.8 cm³/mol. The molecule has 0 radical (unpaired) electrons. The molecule has 128 valence electrons. The molecule has 1 nitrogen and oxygen atoms in total. The summed E-state index contributed by atoms with van der Waals surface area (Å²) >= 11 is 0. The maximum Gasteiger partial charge on any atom is 0.0540 e. The van der Waals surface area contributed by atoms with Crippen LogP contribution in [0.5, 0.6) is 0 Å². The standard InChI is InChI=1S/C20H42O/c1-4-6-8-9-10-11-12-13-14-15-16-18-20(19(3)21)17-7-5-2/h19-21H,4-18H2,1-3H3. The Bertz CT molecular complexity index is 188. The molecule has 0 aromatic heterocycles. The van der Waals surface area contributed by atoms with Gasteiger partial charge in [-0.2, -0.15) is 0 Å². The Hall–Kier alpha value is -0.0400. The van der Waals surface area contributed by atoms with Crippen molar-refractivity contribution in [3.8, 4) is 0 Å². The summed E-state index contributed by atoms with van der Waals surface area (Å²) in [5.74, 6) is 0.545. The van der Waals surface area contributed by atoms with E-state index in [9.17, 15) is 5.11 Å². The van der Waals surface area contributed by atoms with Crippen LogP contribution in [0.25, 0.3) is 0 Å². The largest absolute Gasteiger partial charge is 0.393 e. The molecule has 0 spiro atoms.